The highest BCUT2D eigenvalue weighted by molar-refractivity contribution is 5.21. The maximum atomic E-state index is 13.5. The summed E-state index contributed by atoms with van der Waals surface area (Å²) in [5.41, 5.74) is 0.708. The van der Waals surface area contributed by atoms with Crippen LogP contribution in [0.3, 0.4) is 0 Å². The Kier molecular flexibility index (Phi) is 5.29. The Bertz CT molecular complexity index is 291. The van der Waals surface area contributed by atoms with Crippen molar-refractivity contribution in [3.05, 3.63) is 35.6 Å². The van der Waals surface area contributed by atoms with Gasteiger partial charge in [0.15, 0.2) is 0 Å². The van der Waals surface area contributed by atoms with Gasteiger partial charge in [-0.2, -0.15) is 0 Å². The van der Waals surface area contributed by atoms with Crippen molar-refractivity contribution in [2.45, 2.75) is 19.4 Å². The van der Waals surface area contributed by atoms with Crippen LogP contribution in [0.4, 0.5) is 4.39 Å². The summed E-state index contributed by atoms with van der Waals surface area (Å²) in [7, 11) is 1.84. The van der Waals surface area contributed by atoms with E-state index < -0.39 is 0 Å². The van der Waals surface area contributed by atoms with Gasteiger partial charge < -0.3 is 10.1 Å². The largest absolute Gasteiger partial charge is 0.382 e. The fraction of sp³-hybridized carbons (Fsp3) is 0.500. The lowest BCUT2D eigenvalue weighted by Crippen LogP contribution is -2.19. The van der Waals surface area contributed by atoms with Gasteiger partial charge in [0.1, 0.15) is 5.82 Å². The molecule has 15 heavy (non-hydrogen) atoms. The van der Waals surface area contributed by atoms with E-state index >= 15 is 0 Å². The third-order valence-electron chi connectivity index (χ3n) is 2.38. The molecular weight excluding hydrogens is 193 g/mol. The van der Waals surface area contributed by atoms with Crippen LogP contribution >= 0.6 is 0 Å². The van der Waals surface area contributed by atoms with Crippen LogP contribution in [-0.4, -0.2) is 20.3 Å². The lowest BCUT2D eigenvalue weighted by atomic mass is 10.0. The summed E-state index contributed by atoms with van der Waals surface area (Å²) in [5.74, 6) is -0.159. The molecule has 0 fully saturated rings. The summed E-state index contributed by atoms with van der Waals surface area (Å²) in [6, 6.07) is 6.87. The minimum Gasteiger partial charge on any atom is -0.382 e. The molecule has 0 radical (unpaired) electrons. The smallest absolute Gasteiger partial charge is 0.127 e. The lowest BCUT2D eigenvalue weighted by molar-refractivity contribution is 0.137. The van der Waals surface area contributed by atoms with Crippen LogP contribution in [0, 0.1) is 5.82 Å². The summed E-state index contributed by atoms with van der Waals surface area (Å²) < 4.78 is 18.7. The zero-order valence-electron chi connectivity index (χ0n) is 9.29. The average molecular weight is 211 g/mol. The highest BCUT2D eigenvalue weighted by Gasteiger charge is 2.12. The molecule has 1 rings (SSSR count). The lowest BCUT2D eigenvalue weighted by Gasteiger charge is -2.16. The van der Waals surface area contributed by atoms with Crippen molar-refractivity contribution >= 4 is 0 Å². The zero-order chi connectivity index (χ0) is 11.1. The molecule has 1 atom stereocenters. The molecular formula is C12H18FNO. The van der Waals surface area contributed by atoms with E-state index in [1.165, 1.54) is 6.07 Å². The van der Waals surface area contributed by atoms with E-state index in [-0.39, 0.29) is 11.9 Å². The van der Waals surface area contributed by atoms with Crippen LogP contribution in [0.25, 0.3) is 0 Å². The van der Waals surface area contributed by atoms with E-state index in [0.717, 1.165) is 6.42 Å². The Hall–Kier alpha value is -0.930. The van der Waals surface area contributed by atoms with E-state index in [1.54, 1.807) is 6.07 Å². The minimum atomic E-state index is -0.159. The molecule has 2 nitrogen and oxygen atoms in total. The molecule has 1 aromatic rings. The van der Waals surface area contributed by atoms with Crippen molar-refractivity contribution < 1.29 is 9.13 Å². The van der Waals surface area contributed by atoms with Gasteiger partial charge >= 0.3 is 0 Å². The molecule has 0 aromatic heterocycles. The highest BCUT2D eigenvalue weighted by Crippen LogP contribution is 2.19. The number of nitrogens with one attached hydrogen (secondary N) is 1. The molecule has 0 saturated carbocycles. The van der Waals surface area contributed by atoms with Crippen LogP contribution in [0.2, 0.25) is 0 Å². The molecule has 0 saturated heterocycles. The van der Waals surface area contributed by atoms with Crippen LogP contribution in [-0.2, 0) is 4.74 Å². The Balaban J connectivity index is 2.61. The normalized spacial score (nSPS) is 12.7. The second-order valence-electron chi connectivity index (χ2n) is 3.35. The number of hydrogen-bond donors (Lipinski definition) is 1. The van der Waals surface area contributed by atoms with Gasteiger partial charge in [-0.25, -0.2) is 4.39 Å². The first kappa shape index (κ1) is 12.1. The third kappa shape index (κ3) is 3.61. The maximum absolute atomic E-state index is 13.5. The van der Waals surface area contributed by atoms with Crippen molar-refractivity contribution in [3.63, 3.8) is 0 Å². The predicted octanol–water partition coefficient (Wildman–Crippen LogP) is 2.51. The summed E-state index contributed by atoms with van der Waals surface area (Å²) in [6.07, 6.45) is 0.783. The van der Waals surface area contributed by atoms with Gasteiger partial charge in [0.25, 0.3) is 0 Å². The van der Waals surface area contributed by atoms with E-state index in [2.05, 4.69) is 5.32 Å². The molecule has 0 aliphatic carbocycles. The van der Waals surface area contributed by atoms with Gasteiger partial charge in [-0.15, -0.1) is 0 Å². The summed E-state index contributed by atoms with van der Waals surface area (Å²) in [5, 5.41) is 3.10. The summed E-state index contributed by atoms with van der Waals surface area (Å²) in [4.78, 5) is 0. The molecule has 0 heterocycles. The van der Waals surface area contributed by atoms with E-state index in [1.807, 2.05) is 26.1 Å². The second-order valence-corrected chi connectivity index (χ2v) is 3.35. The SMILES string of the molecule is CCOCCC(NC)c1ccccc1F. The van der Waals surface area contributed by atoms with Crippen molar-refractivity contribution in [3.8, 4) is 0 Å². The molecule has 0 aliphatic rings. The number of hydrogen-bond acceptors (Lipinski definition) is 2. The quantitative estimate of drug-likeness (QED) is 0.730. The van der Waals surface area contributed by atoms with Crippen molar-refractivity contribution in [2.24, 2.45) is 0 Å². The van der Waals surface area contributed by atoms with Crippen LogP contribution < -0.4 is 5.32 Å². The van der Waals surface area contributed by atoms with Crippen molar-refractivity contribution in [2.75, 3.05) is 20.3 Å². The standard InChI is InChI=1S/C12H18FNO/c1-3-15-9-8-12(14-2)10-6-4-5-7-11(10)13/h4-7,12,14H,3,8-9H2,1-2H3. The minimum absolute atomic E-state index is 0.0257. The first-order chi connectivity index (χ1) is 7.29. The molecule has 3 heteroatoms. The highest BCUT2D eigenvalue weighted by atomic mass is 19.1. The Labute approximate surface area is 90.4 Å². The first-order valence-electron chi connectivity index (χ1n) is 5.29. The zero-order valence-corrected chi connectivity index (χ0v) is 9.29. The molecule has 0 aliphatic heterocycles. The van der Waals surface area contributed by atoms with Gasteiger partial charge in [0.05, 0.1) is 0 Å². The molecule has 1 unspecified atom stereocenters. The predicted molar refractivity (Wildman–Crippen MR) is 59.3 cm³/mol. The molecule has 0 amide bonds. The molecule has 1 N–H and O–H groups in total. The summed E-state index contributed by atoms with van der Waals surface area (Å²) >= 11 is 0. The number of ether oxygens (including phenoxy) is 1. The van der Waals surface area contributed by atoms with Crippen LogP contribution in [0.5, 0.6) is 0 Å². The Morgan fingerprint density at radius 2 is 2.13 bits per heavy atom. The van der Waals surface area contributed by atoms with Crippen LogP contribution in [0.1, 0.15) is 24.9 Å². The molecule has 0 spiro atoms. The van der Waals surface area contributed by atoms with Gasteiger partial charge in [-0.1, -0.05) is 18.2 Å². The maximum Gasteiger partial charge on any atom is 0.127 e. The fourth-order valence-corrected chi connectivity index (χ4v) is 1.56. The van der Waals surface area contributed by atoms with Gasteiger partial charge in [-0.05, 0) is 26.5 Å². The van der Waals surface area contributed by atoms with Gasteiger partial charge in [0.2, 0.25) is 0 Å². The second kappa shape index (κ2) is 6.53. The van der Waals surface area contributed by atoms with E-state index in [9.17, 15) is 4.39 Å². The van der Waals surface area contributed by atoms with E-state index in [4.69, 9.17) is 4.74 Å². The number of halogens is 1. The van der Waals surface area contributed by atoms with Gasteiger partial charge in [-0.3, -0.25) is 0 Å². The average Bonchev–Trinajstić information content (AvgIpc) is 2.26. The molecule has 1 aromatic carbocycles. The number of benzene rings is 1. The monoisotopic (exact) mass is 211 g/mol. The summed E-state index contributed by atoms with van der Waals surface area (Å²) in [6.45, 7) is 3.31. The Morgan fingerprint density at radius 3 is 2.73 bits per heavy atom. The topological polar surface area (TPSA) is 21.3 Å². The van der Waals surface area contributed by atoms with Crippen molar-refractivity contribution in [1.82, 2.24) is 5.32 Å². The molecule has 84 valence electrons. The van der Waals surface area contributed by atoms with E-state index in [0.29, 0.717) is 18.8 Å². The third-order valence-corrected chi connectivity index (χ3v) is 2.38. The molecule has 0 bridgehead atoms. The first-order valence-corrected chi connectivity index (χ1v) is 5.29. The van der Waals surface area contributed by atoms with Crippen LogP contribution in [0.15, 0.2) is 24.3 Å². The van der Waals surface area contributed by atoms with Crippen molar-refractivity contribution in [1.29, 1.82) is 0 Å². The Morgan fingerprint density at radius 1 is 1.40 bits per heavy atom. The number of rotatable bonds is 6. The fourth-order valence-electron chi connectivity index (χ4n) is 1.56. The van der Waals surface area contributed by atoms with Gasteiger partial charge in [0, 0.05) is 24.8 Å².